The summed E-state index contributed by atoms with van der Waals surface area (Å²) in [6.45, 7) is 4.89. The molecule has 0 amide bonds. The molecule has 0 atom stereocenters. The van der Waals surface area contributed by atoms with Crippen molar-refractivity contribution in [3.8, 4) is 11.5 Å². The van der Waals surface area contributed by atoms with E-state index in [1.165, 1.54) is 20.0 Å². The predicted molar refractivity (Wildman–Crippen MR) is 99.3 cm³/mol. The van der Waals surface area contributed by atoms with Crippen LogP contribution in [0.3, 0.4) is 0 Å². The first-order chi connectivity index (χ1) is 12.5. The van der Waals surface area contributed by atoms with Crippen LogP contribution < -0.4 is 14.8 Å². The van der Waals surface area contributed by atoms with Crippen LogP contribution in [-0.4, -0.2) is 50.8 Å². The molecular formula is C19H29F2N3O2. The van der Waals surface area contributed by atoms with Crippen molar-refractivity contribution in [3.63, 3.8) is 0 Å². The van der Waals surface area contributed by atoms with Gasteiger partial charge in [0.25, 0.3) is 0 Å². The summed E-state index contributed by atoms with van der Waals surface area (Å²) in [7, 11) is 1.43. The summed E-state index contributed by atoms with van der Waals surface area (Å²) in [6.07, 6.45) is 3.00. The van der Waals surface area contributed by atoms with Crippen LogP contribution in [0.4, 0.5) is 8.78 Å². The number of nitrogens with one attached hydrogen (secondary N) is 1. The lowest BCUT2D eigenvalue weighted by Gasteiger charge is -2.33. The van der Waals surface area contributed by atoms with Gasteiger partial charge in [-0.25, -0.2) is 0 Å². The van der Waals surface area contributed by atoms with Crippen LogP contribution in [0.5, 0.6) is 11.5 Å². The lowest BCUT2D eigenvalue weighted by molar-refractivity contribution is -0.0512. The summed E-state index contributed by atoms with van der Waals surface area (Å²) in [5, 5.41) is 3.34. The summed E-state index contributed by atoms with van der Waals surface area (Å²) in [4.78, 5) is 7.00. The van der Waals surface area contributed by atoms with Gasteiger partial charge >= 0.3 is 6.61 Å². The largest absolute Gasteiger partial charge is 0.493 e. The van der Waals surface area contributed by atoms with E-state index in [1.807, 2.05) is 6.07 Å². The maximum absolute atomic E-state index is 12.5. The summed E-state index contributed by atoms with van der Waals surface area (Å²) < 4.78 is 34.7. The van der Waals surface area contributed by atoms with Crippen molar-refractivity contribution in [2.75, 3.05) is 33.3 Å². The third-order valence-corrected chi connectivity index (χ3v) is 4.52. The van der Waals surface area contributed by atoms with E-state index in [0.29, 0.717) is 18.7 Å². The topological polar surface area (TPSA) is 46.1 Å². The van der Waals surface area contributed by atoms with E-state index in [9.17, 15) is 8.78 Å². The van der Waals surface area contributed by atoms with Gasteiger partial charge in [-0.3, -0.25) is 4.99 Å². The molecule has 1 heterocycles. The number of rotatable bonds is 7. The molecule has 0 spiro atoms. The molecule has 0 bridgehead atoms. The quantitative estimate of drug-likeness (QED) is 0.590. The molecule has 1 aliphatic rings. The number of methoxy groups -OCH3 is 1. The first-order valence-electron chi connectivity index (χ1n) is 9.18. The highest BCUT2D eigenvalue weighted by atomic mass is 19.3. The molecule has 1 fully saturated rings. The van der Waals surface area contributed by atoms with Gasteiger partial charge in [0.05, 0.1) is 7.11 Å². The number of guanidine groups is 1. The zero-order chi connectivity index (χ0) is 18.9. The molecule has 5 nitrogen and oxygen atoms in total. The molecule has 1 aromatic rings. The van der Waals surface area contributed by atoms with Crippen molar-refractivity contribution in [2.45, 2.75) is 39.7 Å². The molecule has 146 valence electrons. The average Bonchev–Trinajstić information content (AvgIpc) is 2.61. The number of ether oxygens (including phenoxy) is 2. The van der Waals surface area contributed by atoms with Crippen molar-refractivity contribution in [1.82, 2.24) is 10.2 Å². The van der Waals surface area contributed by atoms with Crippen LogP contribution in [0.25, 0.3) is 0 Å². The van der Waals surface area contributed by atoms with Gasteiger partial charge in [-0.1, -0.05) is 13.0 Å². The highest BCUT2D eigenvalue weighted by molar-refractivity contribution is 5.80. The number of hydrogen-bond donors (Lipinski definition) is 1. The Bertz CT molecular complexity index is 588. The van der Waals surface area contributed by atoms with Crippen molar-refractivity contribution in [3.05, 3.63) is 23.8 Å². The minimum Gasteiger partial charge on any atom is -0.493 e. The molecular weight excluding hydrogens is 340 g/mol. The van der Waals surface area contributed by atoms with Crippen molar-refractivity contribution in [1.29, 1.82) is 0 Å². The molecule has 7 heteroatoms. The molecule has 2 rings (SSSR count). The Balaban J connectivity index is 2.00. The van der Waals surface area contributed by atoms with Gasteiger partial charge in [-0.05, 0) is 49.8 Å². The fraction of sp³-hybridized carbons (Fsp3) is 0.632. The number of benzene rings is 1. The van der Waals surface area contributed by atoms with Crippen LogP contribution in [0.15, 0.2) is 23.2 Å². The predicted octanol–water partition coefficient (Wildman–Crippen LogP) is 3.54. The highest BCUT2D eigenvalue weighted by Crippen LogP contribution is 2.29. The van der Waals surface area contributed by atoms with E-state index in [1.54, 1.807) is 12.1 Å². The van der Waals surface area contributed by atoms with E-state index in [0.717, 1.165) is 37.1 Å². The SMILES string of the molecule is CCNC(=NCCc1ccc(OC)c(OC(F)F)c1)N1CCC(C)CC1. The molecule has 0 aliphatic carbocycles. The van der Waals surface area contributed by atoms with E-state index in [2.05, 4.69) is 28.8 Å². The Kier molecular flexibility index (Phi) is 7.94. The van der Waals surface area contributed by atoms with Gasteiger partial charge in [0.2, 0.25) is 0 Å². The molecule has 1 aliphatic heterocycles. The Morgan fingerprint density at radius 3 is 2.65 bits per heavy atom. The number of aliphatic imine (C=N–C) groups is 1. The number of likely N-dealkylation sites (tertiary alicyclic amines) is 1. The second kappa shape index (κ2) is 10.2. The van der Waals surface area contributed by atoms with Gasteiger partial charge in [-0.2, -0.15) is 8.78 Å². The Morgan fingerprint density at radius 2 is 2.04 bits per heavy atom. The maximum atomic E-state index is 12.5. The molecule has 0 saturated carbocycles. The van der Waals surface area contributed by atoms with Gasteiger partial charge in [0, 0.05) is 26.2 Å². The Labute approximate surface area is 154 Å². The van der Waals surface area contributed by atoms with Crippen LogP contribution in [-0.2, 0) is 6.42 Å². The second-order valence-corrected chi connectivity index (χ2v) is 6.52. The number of piperidine rings is 1. The van der Waals surface area contributed by atoms with Gasteiger partial charge < -0.3 is 19.7 Å². The van der Waals surface area contributed by atoms with E-state index < -0.39 is 6.61 Å². The third-order valence-electron chi connectivity index (χ3n) is 4.52. The number of halogens is 2. The van der Waals surface area contributed by atoms with Crippen molar-refractivity contribution < 1.29 is 18.3 Å². The minimum absolute atomic E-state index is 0.0564. The summed E-state index contributed by atoms with van der Waals surface area (Å²) >= 11 is 0. The molecule has 1 aromatic carbocycles. The van der Waals surface area contributed by atoms with Crippen LogP contribution >= 0.6 is 0 Å². The second-order valence-electron chi connectivity index (χ2n) is 6.52. The zero-order valence-electron chi connectivity index (χ0n) is 15.8. The van der Waals surface area contributed by atoms with Gasteiger partial charge in [-0.15, -0.1) is 0 Å². The summed E-state index contributed by atoms with van der Waals surface area (Å²) in [6, 6.07) is 5.09. The minimum atomic E-state index is -2.88. The third kappa shape index (κ3) is 6.04. The van der Waals surface area contributed by atoms with E-state index in [-0.39, 0.29) is 5.75 Å². The summed E-state index contributed by atoms with van der Waals surface area (Å²) in [5.41, 5.74) is 0.883. The molecule has 26 heavy (non-hydrogen) atoms. The molecule has 0 radical (unpaired) electrons. The van der Waals surface area contributed by atoms with Crippen LogP contribution in [0, 0.1) is 5.92 Å². The number of nitrogens with zero attached hydrogens (tertiary/aromatic N) is 2. The average molecular weight is 369 g/mol. The fourth-order valence-electron chi connectivity index (χ4n) is 3.00. The standard InChI is InChI=1S/C19H29F2N3O2/c1-4-22-19(24-11-8-14(2)9-12-24)23-10-7-15-5-6-16(25-3)17(13-15)26-18(20)21/h5-6,13-14,18H,4,7-12H2,1-3H3,(H,22,23). The van der Waals surface area contributed by atoms with Crippen LogP contribution in [0.1, 0.15) is 32.3 Å². The summed E-state index contributed by atoms with van der Waals surface area (Å²) in [5.74, 6) is 2.05. The fourth-order valence-corrected chi connectivity index (χ4v) is 3.00. The lowest BCUT2D eigenvalue weighted by atomic mass is 10.00. The zero-order valence-corrected chi connectivity index (χ0v) is 15.8. The number of alkyl halides is 2. The first-order valence-corrected chi connectivity index (χ1v) is 9.18. The Morgan fingerprint density at radius 1 is 1.31 bits per heavy atom. The Hall–Kier alpha value is -2.05. The monoisotopic (exact) mass is 369 g/mol. The normalized spacial score (nSPS) is 16.1. The van der Waals surface area contributed by atoms with Crippen molar-refractivity contribution >= 4 is 5.96 Å². The van der Waals surface area contributed by atoms with Crippen molar-refractivity contribution in [2.24, 2.45) is 10.9 Å². The number of hydrogen-bond acceptors (Lipinski definition) is 3. The van der Waals surface area contributed by atoms with Gasteiger partial charge in [0.1, 0.15) is 0 Å². The first kappa shape index (κ1) is 20.3. The smallest absolute Gasteiger partial charge is 0.387 e. The van der Waals surface area contributed by atoms with E-state index >= 15 is 0 Å². The maximum Gasteiger partial charge on any atom is 0.387 e. The molecule has 0 aromatic heterocycles. The molecule has 0 unspecified atom stereocenters. The van der Waals surface area contributed by atoms with Crippen LogP contribution in [0.2, 0.25) is 0 Å². The molecule has 1 N–H and O–H groups in total. The highest BCUT2D eigenvalue weighted by Gasteiger charge is 2.18. The van der Waals surface area contributed by atoms with E-state index in [4.69, 9.17) is 9.73 Å². The molecule has 1 saturated heterocycles. The lowest BCUT2D eigenvalue weighted by Crippen LogP contribution is -2.45. The van der Waals surface area contributed by atoms with Gasteiger partial charge in [0.15, 0.2) is 17.5 Å².